The highest BCUT2D eigenvalue weighted by atomic mass is 32.3. The second-order valence-corrected chi connectivity index (χ2v) is 16.6. The first-order valence-electron chi connectivity index (χ1n) is 13.7. The smallest absolute Gasteiger partial charge is 0.422 e. The second kappa shape index (κ2) is 12.0. The Morgan fingerprint density at radius 2 is 1.02 bits per heavy atom. The van der Waals surface area contributed by atoms with E-state index in [0.29, 0.717) is 22.1 Å². The Hall–Kier alpha value is -3.46. The van der Waals surface area contributed by atoms with Crippen molar-refractivity contribution < 1.29 is 26.3 Å². The zero-order chi connectivity index (χ0) is 30.8. The lowest BCUT2D eigenvalue weighted by molar-refractivity contribution is 0.130. The Kier molecular flexibility index (Phi) is 9.02. The van der Waals surface area contributed by atoms with Crippen LogP contribution in [0, 0.1) is 6.92 Å². The van der Waals surface area contributed by atoms with Gasteiger partial charge in [-0.1, -0.05) is 23.8 Å². The summed E-state index contributed by atoms with van der Waals surface area (Å²) in [7, 11) is -5.28. The largest absolute Gasteiger partial charge is 0.497 e. The molecule has 0 aliphatic heterocycles. The van der Waals surface area contributed by atoms with Crippen molar-refractivity contribution in [1.82, 2.24) is 0 Å². The van der Waals surface area contributed by atoms with Crippen molar-refractivity contribution in [3.63, 3.8) is 0 Å². The zero-order valence-corrected chi connectivity index (χ0v) is 27.2. The van der Waals surface area contributed by atoms with E-state index in [0.717, 1.165) is 15.4 Å². The number of methoxy groups -OCH3 is 1. The lowest BCUT2D eigenvalue weighted by Gasteiger charge is -2.35. The highest BCUT2D eigenvalue weighted by Gasteiger charge is 2.44. The number of rotatable bonds is 9. The monoisotopic (exact) mass is 609 g/mol. The van der Waals surface area contributed by atoms with Crippen LogP contribution in [0.1, 0.15) is 47.1 Å². The lowest BCUT2D eigenvalue weighted by Crippen LogP contribution is -2.23. The summed E-state index contributed by atoms with van der Waals surface area (Å²) in [6.07, 6.45) is 0. The van der Waals surface area contributed by atoms with Gasteiger partial charge in [0.05, 0.1) is 32.1 Å². The van der Waals surface area contributed by atoms with E-state index < -0.39 is 20.4 Å². The van der Waals surface area contributed by atoms with Crippen LogP contribution in [0.3, 0.4) is 0 Å². The first kappa shape index (κ1) is 31.5. The predicted molar refractivity (Wildman–Crippen MR) is 170 cm³/mol. The van der Waals surface area contributed by atoms with Crippen LogP contribution in [0.15, 0.2) is 117 Å². The van der Waals surface area contributed by atoms with Crippen LogP contribution in [0.4, 0.5) is 0 Å². The molecule has 0 radical (unpaired) electrons. The van der Waals surface area contributed by atoms with E-state index in [-0.39, 0.29) is 16.1 Å². The molecule has 0 aliphatic carbocycles. The molecule has 0 aliphatic rings. The Balaban J connectivity index is 1.99. The summed E-state index contributed by atoms with van der Waals surface area (Å²) in [5.41, 5.74) is 0.185. The molecule has 0 fully saturated rings. The van der Waals surface area contributed by atoms with Gasteiger partial charge in [0.25, 0.3) is 0 Å². The Labute approximate surface area is 252 Å². The SMILES string of the molecule is COc1cccc(S([OH+]S(=O)(=O)c2ccc(C)cc2)(c2ccc(OC(C)(C)C)cc2)c2ccc(OC(C)(C)C)cc2)c1. The second-order valence-electron chi connectivity index (χ2n) is 12.0. The lowest BCUT2D eigenvalue weighted by atomic mass is 10.2. The summed E-state index contributed by atoms with van der Waals surface area (Å²) in [5.74, 6) is 1.97. The van der Waals surface area contributed by atoms with Crippen molar-refractivity contribution in [3.8, 4) is 17.2 Å². The standard InChI is InChI=1S/C34H40O6S2/c1-25-12-18-31(19-13-25)42(35,36)40-41(32-11-9-10-28(24-32)37-8,29-20-14-26(15-21-29)38-33(2,3)4)30-22-16-27(17-23-30)39-34(5,6)7/h9-24H,1-8H3/p+1. The van der Waals surface area contributed by atoms with E-state index in [4.69, 9.17) is 17.8 Å². The molecule has 0 heterocycles. The molecular formula is C34H41O6S2+. The molecule has 0 saturated heterocycles. The molecule has 0 spiro atoms. The van der Waals surface area contributed by atoms with Gasteiger partial charge in [-0.2, -0.15) is 0 Å². The van der Waals surface area contributed by atoms with E-state index in [2.05, 4.69) is 0 Å². The summed E-state index contributed by atoms with van der Waals surface area (Å²) in [6.45, 7) is 13.8. The van der Waals surface area contributed by atoms with Gasteiger partial charge in [-0.05, 0) is 127 Å². The fraction of sp³-hybridized carbons (Fsp3) is 0.294. The molecule has 4 rings (SSSR count). The van der Waals surface area contributed by atoms with E-state index in [1.807, 2.05) is 121 Å². The van der Waals surface area contributed by atoms with Crippen LogP contribution in [0.2, 0.25) is 0 Å². The minimum absolute atomic E-state index is 0.133. The third-order valence-electron chi connectivity index (χ3n) is 6.09. The summed E-state index contributed by atoms with van der Waals surface area (Å²) in [4.78, 5) is 2.31. The Morgan fingerprint density at radius 3 is 1.45 bits per heavy atom. The summed E-state index contributed by atoms with van der Waals surface area (Å²) in [5, 5.41) is 0. The van der Waals surface area contributed by atoms with Crippen LogP contribution in [0.5, 0.6) is 17.2 Å². The third kappa shape index (κ3) is 7.48. The maximum Gasteiger partial charge on any atom is 0.422 e. The van der Waals surface area contributed by atoms with E-state index in [1.54, 1.807) is 31.4 Å². The van der Waals surface area contributed by atoms with Gasteiger partial charge >= 0.3 is 10.1 Å². The highest BCUT2D eigenvalue weighted by Crippen LogP contribution is 2.69. The van der Waals surface area contributed by atoms with Gasteiger partial charge in [0.15, 0.2) is 0 Å². The van der Waals surface area contributed by atoms with Gasteiger partial charge in [-0.3, -0.25) is 3.63 Å². The number of hydrogen-bond donors (Lipinski definition) is 0. The van der Waals surface area contributed by atoms with Gasteiger partial charge in [0.1, 0.15) is 33.3 Å². The van der Waals surface area contributed by atoms with Crippen molar-refractivity contribution in [2.45, 2.75) is 79.3 Å². The normalized spacial score (nSPS) is 13.0. The average molecular weight is 610 g/mol. The fourth-order valence-corrected chi connectivity index (χ4v) is 9.81. The molecular weight excluding hydrogens is 569 g/mol. The quantitative estimate of drug-likeness (QED) is 0.140. The molecule has 6 nitrogen and oxygen atoms in total. The summed E-state index contributed by atoms with van der Waals surface area (Å²) >= 11 is 0. The Bertz CT molecular complexity index is 1540. The fourth-order valence-electron chi connectivity index (χ4n) is 4.34. The molecule has 0 amide bonds. The molecule has 0 atom stereocenters. The van der Waals surface area contributed by atoms with Gasteiger partial charge in [0, 0.05) is 0 Å². The molecule has 4 aromatic carbocycles. The molecule has 0 aromatic heterocycles. The van der Waals surface area contributed by atoms with Crippen molar-refractivity contribution in [2.75, 3.05) is 7.11 Å². The van der Waals surface area contributed by atoms with Gasteiger partial charge in [0.2, 0.25) is 0 Å². The van der Waals surface area contributed by atoms with Crippen LogP contribution in [-0.4, -0.2) is 30.4 Å². The summed E-state index contributed by atoms with van der Waals surface area (Å²) in [6, 6.07) is 29.3. The number of benzene rings is 4. The molecule has 0 bridgehead atoms. The van der Waals surface area contributed by atoms with Gasteiger partial charge in [-0.15, -0.1) is 8.42 Å². The number of hydrogen-bond acceptors (Lipinski definition) is 5. The molecule has 8 heteroatoms. The molecule has 1 N–H and O–H groups in total. The average Bonchev–Trinajstić information content (AvgIpc) is 2.91. The zero-order valence-electron chi connectivity index (χ0n) is 25.5. The van der Waals surface area contributed by atoms with E-state index in [1.165, 1.54) is 0 Å². The molecule has 0 saturated carbocycles. The number of aryl methyl sites for hydroxylation is 1. The maximum absolute atomic E-state index is 14.1. The Morgan fingerprint density at radius 1 is 0.571 bits per heavy atom. The molecule has 0 unspecified atom stereocenters. The molecule has 224 valence electrons. The molecule has 4 aromatic rings. The van der Waals surface area contributed by atoms with Crippen molar-refractivity contribution in [3.05, 3.63) is 103 Å². The minimum Gasteiger partial charge on any atom is -0.497 e. The van der Waals surface area contributed by atoms with Crippen LogP contribution in [0.25, 0.3) is 0 Å². The van der Waals surface area contributed by atoms with E-state index >= 15 is 0 Å². The summed E-state index contributed by atoms with van der Waals surface area (Å²) < 4.78 is 50.8. The predicted octanol–water partition coefficient (Wildman–Crippen LogP) is 9.04. The van der Waals surface area contributed by atoms with Gasteiger partial charge < -0.3 is 14.2 Å². The highest BCUT2D eigenvalue weighted by molar-refractivity contribution is 8.32. The maximum atomic E-state index is 14.1. The van der Waals surface area contributed by atoms with Gasteiger partial charge in [-0.25, -0.2) is 0 Å². The van der Waals surface area contributed by atoms with Crippen LogP contribution in [-0.2, 0) is 10.1 Å². The third-order valence-corrected chi connectivity index (χ3v) is 11.5. The topological polar surface area (TPSA) is 74.6 Å². The van der Waals surface area contributed by atoms with Crippen LogP contribution < -0.4 is 14.2 Å². The van der Waals surface area contributed by atoms with Crippen LogP contribution >= 0.6 is 10.3 Å². The van der Waals surface area contributed by atoms with Crippen molar-refractivity contribution in [1.29, 1.82) is 0 Å². The van der Waals surface area contributed by atoms with Crippen molar-refractivity contribution in [2.24, 2.45) is 0 Å². The first-order chi connectivity index (χ1) is 19.6. The first-order valence-corrected chi connectivity index (χ1v) is 16.8. The number of ether oxygens (including phenoxy) is 3. The van der Waals surface area contributed by atoms with E-state index in [9.17, 15) is 8.42 Å². The van der Waals surface area contributed by atoms with Crippen molar-refractivity contribution >= 4 is 20.4 Å². The minimum atomic E-state index is -4.12. The molecule has 42 heavy (non-hydrogen) atoms.